The fraction of sp³-hybridized carbons (Fsp3) is 0.615. The Kier molecular flexibility index (Phi) is 8.40. The van der Waals surface area contributed by atoms with Crippen molar-refractivity contribution in [1.29, 1.82) is 0 Å². The van der Waals surface area contributed by atoms with Crippen molar-refractivity contribution in [3.05, 3.63) is 21.4 Å². The number of aryl methyl sites for hydroxylation is 1. The van der Waals surface area contributed by atoms with Gasteiger partial charge in [0.15, 0.2) is 0 Å². The Morgan fingerprint density at radius 1 is 1.30 bits per heavy atom. The maximum absolute atomic E-state index is 11.4. The lowest BCUT2D eigenvalue weighted by Gasteiger charge is -2.05. The van der Waals surface area contributed by atoms with Gasteiger partial charge in [-0.3, -0.25) is 10.2 Å². The average molecular weight is 302 g/mol. The highest BCUT2D eigenvalue weighted by atomic mass is 32.1. The number of rotatable bonds is 10. The van der Waals surface area contributed by atoms with Gasteiger partial charge in [-0.05, 0) is 25.0 Å². The molecule has 1 aromatic rings. The summed E-state index contributed by atoms with van der Waals surface area (Å²) in [5.41, 5.74) is 3.15. The minimum absolute atomic E-state index is 0.268. The zero-order valence-electron chi connectivity index (χ0n) is 11.9. The van der Waals surface area contributed by atoms with Crippen molar-refractivity contribution in [3.8, 4) is 0 Å². The summed E-state index contributed by atoms with van der Waals surface area (Å²) >= 11 is 1.41. The lowest BCUT2D eigenvalue weighted by Crippen LogP contribution is -2.29. The number of ether oxygens (including phenoxy) is 3. The van der Waals surface area contributed by atoms with Gasteiger partial charge in [-0.1, -0.05) is 0 Å². The number of nitrogens with two attached hydrogens (primary N) is 1. The van der Waals surface area contributed by atoms with E-state index in [1.807, 2.05) is 13.0 Å². The van der Waals surface area contributed by atoms with Gasteiger partial charge in [-0.25, -0.2) is 5.84 Å². The minimum Gasteiger partial charge on any atom is -0.382 e. The molecule has 1 rings (SSSR count). The van der Waals surface area contributed by atoms with Crippen LogP contribution in [0.5, 0.6) is 0 Å². The van der Waals surface area contributed by atoms with Crippen LogP contribution in [0.4, 0.5) is 0 Å². The van der Waals surface area contributed by atoms with E-state index in [9.17, 15) is 4.79 Å². The van der Waals surface area contributed by atoms with Crippen LogP contribution in [0.3, 0.4) is 0 Å². The Morgan fingerprint density at radius 2 is 2.05 bits per heavy atom. The third-order valence-corrected chi connectivity index (χ3v) is 3.73. The van der Waals surface area contributed by atoms with Crippen LogP contribution in [-0.4, -0.2) is 39.4 Å². The van der Waals surface area contributed by atoms with Crippen LogP contribution in [0.2, 0.25) is 0 Å². The molecule has 0 spiro atoms. The van der Waals surface area contributed by atoms with Crippen molar-refractivity contribution in [2.75, 3.05) is 33.5 Å². The largest absolute Gasteiger partial charge is 0.382 e. The molecule has 6 nitrogen and oxygen atoms in total. The number of nitrogen functional groups attached to an aromatic ring is 1. The molecule has 20 heavy (non-hydrogen) atoms. The summed E-state index contributed by atoms with van der Waals surface area (Å²) in [4.78, 5) is 13.1. The molecular weight excluding hydrogens is 280 g/mol. The highest BCUT2D eigenvalue weighted by molar-refractivity contribution is 7.14. The van der Waals surface area contributed by atoms with Gasteiger partial charge in [-0.15, -0.1) is 11.3 Å². The lowest BCUT2D eigenvalue weighted by molar-refractivity contribution is 0.0483. The number of amides is 1. The molecule has 0 unspecified atom stereocenters. The van der Waals surface area contributed by atoms with Crippen LogP contribution in [0.1, 0.15) is 26.5 Å². The highest BCUT2D eigenvalue weighted by Crippen LogP contribution is 2.22. The number of methoxy groups -OCH3 is 1. The zero-order chi connectivity index (χ0) is 14.8. The van der Waals surface area contributed by atoms with E-state index in [-0.39, 0.29) is 5.91 Å². The van der Waals surface area contributed by atoms with Gasteiger partial charge in [0.1, 0.15) is 0 Å². The van der Waals surface area contributed by atoms with Crippen molar-refractivity contribution in [2.24, 2.45) is 5.84 Å². The SMILES string of the molecule is COCCOCCCOCc1cc(C(=O)NN)sc1C. The number of nitrogens with one attached hydrogen (secondary N) is 1. The van der Waals surface area contributed by atoms with Crippen LogP contribution in [0, 0.1) is 6.92 Å². The number of thiophene rings is 1. The second-order valence-corrected chi connectivity index (χ2v) is 5.43. The van der Waals surface area contributed by atoms with Gasteiger partial charge < -0.3 is 14.2 Å². The topological polar surface area (TPSA) is 82.8 Å². The fourth-order valence-electron chi connectivity index (χ4n) is 1.54. The van der Waals surface area contributed by atoms with Crippen molar-refractivity contribution < 1.29 is 19.0 Å². The van der Waals surface area contributed by atoms with Gasteiger partial charge in [-0.2, -0.15) is 0 Å². The van der Waals surface area contributed by atoms with Gasteiger partial charge in [0, 0.05) is 25.2 Å². The lowest BCUT2D eigenvalue weighted by atomic mass is 10.2. The Morgan fingerprint density at radius 3 is 2.75 bits per heavy atom. The van der Waals surface area contributed by atoms with Crippen molar-refractivity contribution in [2.45, 2.75) is 20.0 Å². The van der Waals surface area contributed by atoms with E-state index in [4.69, 9.17) is 20.1 Å². The molecule has 0 atom stereocenters. The summed E-state index contributed by atoms with van der Waals surface area (Å²) in [6.07, 6.45) is 0.836. The van der Waals surface area contributed by atoms with Gasteiger partial charge in [0.05, 0.1) is 24.7 Å². The maximum atomic E-state index is 11.4. The highest BCUT2D eigenvalue weighted by Gasteiger charge is 2.11. The quantitative estimate of drug-likeness (QED) is 0.294. The molecule has 0 aromatic carbocycles. The Labute approximate surface area is 123 Å². The molecule has 0 saturated carbocycles. The summed E-state index contributed by atoms with van der Waals surface area (Å²) in [6.45, 7) is 4.97. The normalized spacial score (nSPS) is 10.8. The standard InChI is InChI=1S/C13H22N2O4S/c1-10-11(8-12(20-10)13(16)15-14)9-19-5-3-4-18-7-6-17-2/h8H,3-7,9,14H2,1-2H3,(H,15,16). The Bertz CT molecular complexity index is 409. The first-order valence-electron chi connectivity index (χ1n) is 6.43. The molecule has 0 saturated heterocycles. The van der Waals surface area contributed by atoms with E-state index in [1.54, 1.807) is 7.11 Å². The second-order valence-electron chi connectivity index (χ2n) is 4.18. The Balaban J connectivity index is 2.19. The first-order valence-corrected chi connectivity index (χ1v) is 7.25. The average Bonchev–Trinajstić information content (AvgIpc) is 2.82. The molecule has 114 valence electrons. The molecule has 0 aliphatic carbocycles. The van der Waals surface area contributed by atoms with Crippen LogP contribution < -0.4 is 11.3 Å². The molecule has 0 bridgehead atoms. The van der Waals surface area contributed by atoms with E-state index in [0.29, 0.717) is 37.9 Å². The molecule has 1 amide bonds. The Hall–Kier alpha value is -0.990. The monoisotopic (exact) mass is 302 g/mol. The maximum Gasteiger partial charge on any atom is 0.275 e. The summed E-state index contributed by atoms with van der Waals surface area (Å²) in [5, 5.41) is 0. The summed E-state index contributed by atoms with van der Waals surface area (Å²) in [5.74, 6) is 4.84. The number of hydrogen-bond acceptors (Lipinski definition) is 6. The molecule has 3 N–H and O–H groups in total. The first-order chi connectivity index (χ1) is 9.69. The van der Waals surface area contributed by atoms with E-state index in [0.717, 1.165) is 16.9 Å². The van der Waals surface area contributed by atoms with Crippen molar-refractivity contribution >= 4 is 17.2 Å². The van der Waals surface area contributed by atoms with Crippen LogP contribution in [0.15, 0.2) is 6.07 Å². The molecule has 1 aromatic heterocycles. The van der Waals surface area contributed by atoms with E-state index < -0.39 is 0 Å². The van der Waals surface area contributed by atoms with Gasteiger partial charge >= 0.3 is 0 Å². The first kappa shape index (κ1) is 17.1. The third-order valence-electron chi connectivity index (χ3n) is 2.64. The molecule has 7 heteroatoms. The van der Waals surface area contributed by atoms with Crippen LogP contribution in [-0.2, 0) is 20.8 Å². The number of carbonyl (C=O) groups is 1. The van der Waals surface area contributed by atoms with Gasteiger partial charge in [0.25, 0.3) is 5.91 Å². The predicted molar refractivity (Wildman–Crippen MR) is 77.7 cm³/mol. The van der Waals surface area contributed by atoms with Crippen molar-refractivity contribution in [1.82, 2.24) is 5.43 Å². The molecule has 0 aliphatic rings. The molecular formula is C13H22N2O4S. The van der Waals surface area contributed by atoms with E-state index in [1.165, 1.54) is 11.3 Å². The predicted octanol–water partition coefficient (Wildman–Crippen LogP) is 1.23. The number of hydrazine groups is 1. The second kappa shape index (κ2) is 9.84. The van der Waals surface area contributed by atoms with Crippen LogP contribution in [0.25, 0.3) is 0 Å². The van der Waals surface area contributed by atoms with Crippen LogP contribution >= 0.6 is 11.3 Å². The summed E-state index contributed by atoms with van der Waals surface area (Å²) in [6, 6.07) is 1.82. The fourth-order valence-corrected chi connectivity index (χ4v) is 2.47. The van der Waals surface area contributed by atoms with Gasteiger partial charge in [0.2, 0.25) is 0 Å². The minimum atomic E-state index is -0.268. The van der Waals surface area contributed by atoms with E-state index >= 15 is 0 Å². The molecule has 0 fully saturated rings. The third kappa shape index (κ3) is 5.98. The van der Waals surface area contributed by atoms with E-state index in [2.05, 4.69) is 5.43 Å². The molecule has 0 radical (unpaired) electrons. The smallest absolute Gasteiger partial charge is 0.275 e. The summed E-state index contributed by atoms with van der Waals surface area (Å²) in [7, 11) is 1.65. The number of hydrogen-bond donors (Lipinski definition) is 2. The summed E-state index contributed by atoms with van der Waals surface area (Å²) < 4.78 is 15.8. The molecule has 0 aliphatic heterocycles. The van der Waals surface area contributed by atoms with Crippen molar-refractivity contribution in [3.63, 3.8) is 0 Å². The molecule has 1 heterocycles. The number of carbonyl (C=O) groups excluding carboxylic acids is 1. The zero-order valence-corrected chi connectivity index (χ0v) is 12.8.